The van der Waals surface area contributed by atoms with Gasteiger partial charge in [-0.15, -0.1) is 0 Å². The number of furan rings is 1. The van der Waals surface area contributed by atoms with Gasteiger partial charge in [0.25, 0.3) is 5.91 Å². The molecule has 0 unspecified atom stereocenters. The van der Waals surface area contributed by atoms with Crippen LogP contribution in [0.1, 0.15) is 29.9 Å². The Balaban J connectivity index is 1.39. The Morgan fingerprint density at radius 3 is 2.85 bits per heavy atom. The highest BCUT2D eigenvalue weighted by Gasteiger charge is 2.59. The summed E-state index contributed by atoms with van der Waals surface area (Å²) >= 11 is 0. The van der Waals surface area contributed by atoms with Gasteiger partial charge in [0, 0.05) is 24.6 Å². The number of nitrogens with zero attached hydrogens (tertiary/aromatic N) is 2. The van der Waals surface area contributed by atoms with Gasteiger partial charge in [-0.1, -0.05) is 30.3 Å². The first-order valence-electron chi connectivity index (χ1n) is 9.38. The van der Waals surface area contributed by atoms with Gasteiger partial charge in [-0.2, -0.15) is 0 Å². The van der Waals surface area contributed by atoms with Crippen LogP contribution in [0.4, 0.5) is 0 Å². The second-order valence-corrected chi connectivity index (χ2v) is 7.82. The highest BCUT2D eigenvalue weighted by atomic mass is 16.3. The van der Waals surface area contributed by atoms with E-state index in [-0.39, 0.29) is 5.91 Å². The minimum Gasteiger partial charge on any atom is -0.465 e. The van der Waals surface area contributed by atoms with Crippen molar-refractivity contribution in [3.63, 3.8) is 0 Å². The number of benzene rings is 1. The van der Waals surface area contributed by atoms with E-state index in [1.807, 2.05) is 49.4 Å². The van der Waals surface area contributed by atoms with Crippen LogP contribution in [0.2, 0.25) is 0 Å². The SMILES string of the molecule is Cc1ccc(CN2C[C@@H]3CC[C@]4(N=C(c5ccccc5)NC4=O)[C@@H]3C2)o1. The fourth-order valence-corrected chi connectivity index (χ4v) is 4.95. The lowest BCUT2D eigenvalue weighted by Crippen LogP contribution is -2.44. The molecule has 0 bridgehead atoms. The molecule has 2 aromatic rings. The summed E-state index contributed by atoms with van der Waals surface area (Å²) in [4.78, 5) is 20.3. The molecule has 2 aliphatic heterocycles. The van der Waals surface area contributed by atoms with Crippen molar-refractivity contribution >= 4 is 11.7 Å². The Bertz CT molecular complexity index is 872. The predicted octanol–water partition coefficient (Wildman–Crippen LogP) is 2.75. The van der Waals surface area contributed by atoms with E-state index in [1.54, 1.807) is 0 Å². The van der Waals surface area contributed by atoms with E-state index in [0.29, 0.717) is 11.8 Å². The second-order valence-electron chi connectivity index (χ2n) is 7.82. The van der Waals surface area contributed by atoms with Gasteiger partial charge >= 0.3 is 0 Å². The monoisotopic (exact) mass is 349 g/mol. The van der Waals surface area contributed by atoms with Crippen molar-refractivity contribution in [2.45, 2.75) is 31.8 Å². The van der Waals surface area contributed by atoms with E-state index in [1.165, 1.54) is 0 Å². The Labute approximate surface area is 153 Å². The van der Waals surface area contributed by atoms with Crippen LogP contribution in [0, 0.1) is 18.8 Å². The number of rotatable bonds is 3. The zero-order chi connectivity index (χ0) is 17.7. The molecule has 26 heavy (non-hydrogen) atoms. The number of amidine groups is 1. The summed E-state index contributed by atoms with van der Waals surface area (Å²) < 4.78 is 5.73. The third-order valence-corrected chi connectivity index (χ3v) is 6.19. The molecule has 1 aliphatic carbocycles. The molecule has 1 aromatic heterocycles. The van der Waals surface area contributed by atoms with Crippen LogP contribution in [0.5, 0.6) is 0 Å². The van der Waals surface area contributed by atoms with Crippen molar-refractivity contribution in [1.29, 1.82) is 0 Å². The number of likely N-dealkylation sites (tertiary alicyclic amines) is 1. The predicted molar refractivity (Wildman–Crippen MR) is 98.8 cm³/mol. The molecular weight excluding hydrogens is 326 g/mol. The number of carbonyl (C=O) groups excluding carboxylic acids is 1. The lowest BCUT2D eigenvalue weighted by atomic mass is 9.85. The fraction of sp³-hybridized carbons (Fsp3) is 0.429. The topological polar surface area (TPSA) is 57.8 Å². The van der Waals surface area contributed by atoms with E-state index < -0.39 is 5.54 Å². The maximum absolute atomic E-state index is 12.9. The number of amides is 1. The molecule has 1 spiro atoms. The van der Waals surface area contributed by atoms with Gasteiger partial charge in [0.2, 0.25) is 0 Å². The first kappa shape index (κ1) is 15.8. The molecule has 3 heterocycles. The van der Waals surface area contributed by atoms with Crippen LogP contribution in [0.15, 0.2) is 51.9 Å². The lowest BCUT2D eigenvalue weighted by Gasteiger charge is -2.25. The van der Waals surface area contributed by atoms with Gasteiger partial charge in [-0.25, -0.2) is 0 Å². The van der Waals surface area contributed by atoms with Crippen LogP contribution in [-0.2, 0) is 11.3 Å². The van der Waals surface area contributed by atoms with Crippen molar-refractivity contribution in [3.05, 3.63) is 59.5 Å². The molecular formula is C21H23N3O2. The molecule has 1 aromatic carbocycles. The summed E-state index contributed by atoms with van der Waals surface area (Å²) in [6.07, 6.45) is 1.93. The zero-order valence-corrected chi connectivity index (χ0v) is 14.9. The average Bonchev–Trinajstić information content (AvgIpc) is 3.38. The van der Waals surface area contributed by atoms with Gasteiger partial charge in [0.05, 0.1) is 6.54 Å². The summed E-state index contributed by atoms with van der Waals surface area (Å²) in [5.41, 5.74) is 0.408. The van der Waals surface area contributed by atoms with Crippen LogP contribution in [0.3, 0.4) is 0 Å². The number of hydrogen-bond donors (Lipinski definition) is 1. The summed E-state index contributed by atoms with van der Waals surface area (Å²) in [5.74, 6) is 3.59. The van der Waals surface area contributed by atoms with Gasteiger partial charge in [-0.05, 0) is 37.8 Å². The smallest absolute Gasteiger partial charge is 0.253 e. The van der Waals surface area contributed by atoms with E-state index >= 15 is 0 Å². The Kier molecular flexibility index (Phi) is 3.54. The Hall–Kier alpha value is -2.40. The van der Waals surface area contributed by atoms with Crippen molar-refractivity contribution < 1.29 is 9.21 Å². The summed E-state index contributed by atoms with van der Waals surface area (Å²) in [6.45, 7) is 4.72. The molecule has 1 saturated carbocycles. The number of aliphatic imine (C=N–C) groups is 1. The van der Waals surface area contributed by atoms with Gasteiger partial charge in [0.15, 0.2) is 0 Å². The Morgan fingerprint density at radius 1 is 1.23 bits per heavy atom. The second kappa shape index (κ2) is 5.81. The van der Waals surface area contributed by atoms with Gasteiger partial charge in [0.1, 0.15) is 22.9 Å². The van der Waals surface area contributed by atoms with Crippen molar-refractivity contribution in [2.75, 3.05) is 13.1 Å². The van der Waals surface area contributed by atoms with E-state index in [9.17, 15) is 4.79 Å². The van der Waals surface area contributed by atoms with E-state index in [0.717, 1.165) is 55.4 Å². The van der Waals surface area contributed by atoms with Crippen LogP contribution < -0.4 is 5.32 Å². The minimum absolute atomic E-state index is 0.0829. The standard InChI is InChI=1S/C21H23N3O2/c1-14-7-8-17(26-14)12-24-11-16-9-10-21(18(16)13-24)20(25)22-19(23-21)15-5-3-2-4-6-15/h2-8,16,18H,9-13H2,1H3,(H,22,23,25)/t16-,18+,21-/m0/s1. The maximum atomic E-state index is 12.9. The molecule has 1 N–H and O–H groups in total. The molecule has 0 radical (unpaired) electrons. The summed E-state index contributed by atoms with van der Waals surface area (Å²) in [5, 5.41) is 3.06. The van der Waals surface area contributed by atoms with Crippen molar-refractivity contribution in [1.82, 2.24) is 10.2 Å². The third-order valence-electron chi connectivity index (χ3n) is 6.19. The maximum Gasteiger partial charge on any atom is 0.253 e. The van der Waals surface area contributed by atoms with E-state index in [2.05, 4.69) is 10.2 Å². The molecule has 1 saturated heterocycles. The van der Waals surface area contributed by atoms with E-state index in [4.69, 9.17) is 9.41 Å². The highest BCUT2D eigenvalue weighted by Crippen LogP contribution is 2.49. The highest BCUT2D eigenvalue weighted by molar-refractivity contribution is 6.15. The van der Waals surface area contributed by atoms with Crippen LogP contribution in [0.25, 0.3) is 0 Å². The molecule has 134 valence electrons. The number of hydrogen-bond acceptors (Lipinski definition) is 4. The number of aryl methyl sites for hydroxylation is 1. The molecule has 5 nitrogen and oxygen atoms in total. The molecule has 1 amide bonds. The summed E-state index contributed by atoms with van der Waals surface area (Å²) in [6, 6.07) is 14.0. The van der Waals surface area contributed by atoms with Crippen LogP contribution >= 0.6 is 0 Å². The first-order valence-corrected chi connectivity index (χ1v) is 9.38. The van der Waals surface area contributed by atoms with Crippen LogP contribution in [-0.4, -0.2) is 35.3 Å². The largest absolute Gasteiger partial charge is 0.465 e. The Morgan fingerprint density at radius 2 is 2.08 bits per heavy atom. The third kappa shape index (κ3) is 2.42. The lowest BCUT2D eigenvalue weighted by molar-refractivity contribution is -0.125. The number of fused-ring (bicyclic) bond motifs is 2. The molecule has 2 fully saturated rings. The molecule has 5 heteroatoms. The average molecular weight is 349 g/mol. The molecule has 3 atom stereocenters. The first-order chi connectivity index (χ1) is 12.6. The zero-order valence-electron chi connectivity index (χ0n) is 14.9. The summed E-state index contributed by atoms with van der Waals surface area (Å²) in [7, 11) is 0. The fourth-order valence-electron chi connectivity index (χ4n) is 4.95. The van der Waals surface area contributed by atoms with Crippen molar-refractivity contribution in [2.24, 2.45) is 16.8 Å². The number of nitrogens with one attached hydrogen (secondary N) is 1. The van der Waals surface area contributed by atoms with Gasteiger partial charge < -0.3 is 9.73 Å². The molecule has 5 rings (SSSR count). The minimum atomic E-state index is -0.580. The quantitative estimate of drug-likeness (QED) is 0.927. The van der Waals surface area contributed by atoms with Gasteiger partial charge in [-0.3, -0.25) is 14.7 Å². The normalized spacial score (nSPS) is 30.7. The molecule has 3 aliphatic rings. The van der Waals surface area contributed by atoms with Crippen molar-refractivity contribution in [3.8, 4) is 0 Å². The number of carbonyl (C=O) groups is 1.